The predicted octanol–water partition coefficient (Wildman–Crippen LogP) is 3.80. The fourth-order valence-electron chi connectivity index (χ4n) is 2.09. The summed E-state index contributed by atoms with van der Waals surface area (Å²) in [6.07, 6.45) is 0.0536. The minimum Gasteiger partial charge on any atom is -0.497 e. The Hall–Kier alpha value is -2.49. The van der Waals surface area contributed by atoms with Crippen LogP contribution in [-0.4, -0.2) is 19.1 Å². The maximum atomic E-state index is 12.3. The molecule has 116 valence electrons. The van der Waals surface area contributed by atoms with Gasteiger partial charge in [-0.2, -0.15) is 0 Å². The van der Waals surface area contributed by atoms with Gasteiger partial charge in [0.05, 0.1) is 7.11 Å². The first kappa shape index (κ1) is 15.9. The second-order valence-electron chi connectivity index (χ2n) is 5.05. The van der Waals surface area contributed by atoms with Gasteiger partial charge in [-0.3, -0.25) is 4.79 Å². The van der Waals surface area contributed by atoms with Gasteiger partial charge < -0.3 is 14.8 Å². The largest absolute Gasteiger partial charge is 0.497 e. The maximum absolute atomic E-state index is 12.3. The highest BCUT2D eigenvalue weighted by Crippen LogP contribution is 2.19. The number of benzene rings is 2. The second-order valence-corrected chi connectivity index (χ2v) is 5.05. The molecule has 2 aromatic carbocycles. The van der Waals surface area contributed by atoms with Crippen molar-refractivity contribution in [2.24, 2.45) is 0 Å². The molecule has 1 unspecified atom stereocenters. The molecule has 1 atom stereocenters. The van der Waals surface area contributed by atoms with Gasteiger partial charge in [-0.25, -0.2) is 0 Å². The van der Waals surface area contributed by atoms with Crippen molar-refractivity contribution in [1.29, 1.82) is 0 Å². The van der Waals surface area contributed by atoms with Gasteiger partial charge in [-0.05, 0) is 55.3 Å². The van der Waals surface area contributed by atoms with Crippen molar-refractivity contribution in [3.63, 3.8) is 0 Å². The molecule has 1 N–H and O–H groups in total. The lowest BCUT2D eigenvalue weighted by atomic mass is 10.2. The fraction of sp³-hybridized carbons (Fsp3) is 0.278. The molecule has 22 heavy (non-hydrogen) atoms. The van der Waals surface area contributed by atoms with Crippen LogP contribution >= 0.6 is 0 Å². The third kappa shape index (κ3) is 4.25. The highest BCUT2D eigenvalue weighted by molar-refractivity contribution is 5.94. The van der Waals surface area contributed by atoms with Gasteiger partial charge >= 0.3 is 0 Å². The molecule has 0 saturated carbocycles. The van der Waals surface area contributed by atoms with Crippen molar-refractivity contribution in [2.75, 3.05) is 12.4 Å². The normalized spacial score (nSPS) is 11.6. The molecule has 1 amide bonds. The summed E-state index contributed by atoms with van der Waals surface area (Å²) in [5.74, 6) is 1.25. The Balaban J connectivity index is 2.02. The lowest BCUT2D eigenvalue weighted by Gasteiger charge is -2.17. The summed E-state index contributed by atoms with van der Waals surface area (Å²) in [7, 11) is 1.61. The van der Waals surface area contributed by atoms with Gasteiger partial charge in [-0.15, -0.1) is 0 Å². The summed E-state index contributed by atoms with van der Waals surface area (Å²) < 4.78 is 10.9. The molecule has 0 aromatic heterocycles. The third-order valence-corrected chi connectivity index (χ3v) is 3.29. The molecule has 0 heterocycles. The van der Waals surface area contributed by atoms with Crippen LogP contribution in [0, 0.1) is 6.92 Å². The monoisotopic (exact) mass is 299 g/mol. The van der Waals surface area contributed by atoms with Gasteiger partial charge in [0.25, 0.3) is 5.91 Å². The number of carbonyl (C=O) groups is 1. The minimum atomic E-state index is -0.533. The highest BCUT2D eigenvalue weighted by atomic mass is 16.5. The molecule has 0 radical (unpaired) electrons. The summed E-state index contributed by atoms with van der Waals surface area (Å²) in [4.78, 5) is 12.3. The van der Waals surface area contributed by atoms with E-state index in [2.05, 4.69) is 5.32 Å². The zero-order chi connectivity index (χ0) is 15.9. The molecular weight excluding hydrogens is 278 g/mol. The lowest BCUT2D eigenvalue weighted by Crippen LogP contribution is -2.32. The molecule has 4 heteroatoms. The number of amides is 1. The molecule has 0 aliphatic heterocycles. The Morgan fingerprint density at radius 3 is 2.41 bits per heavy atom. The standard InChI is InChI=1S/C18H21NO3/c1-4-17(22-16-10-8-15(21-3)9-11-16)18(20)19-14-7-5-6-13(2)12-14/h5-12,17H,4H2,1-3H3,(H,19,20). The summed E-state index contributed by atoms with van der Waals surface area (Å²) in [5, 5.41) is 2.89. The van der Waals surface area contributed by atoms with Crippen LogP contribution in [0.3, 0.4) is 0 Å². The fourth-order valence-corrected chi connectivity index (χ4v) is 2.09. The lowest BCUT2D eigenvalue weighted by molar-refractivity contribution is -0.122. The van der Waals surface area contributed by atoms with Crippen molar-refractivity contribution in [1.82, 2.24) is 0 Å². The molecule has 2 aromatic rings. The average Bonchev–Trinajstić information content (AvgIpc) is 2.53. The number of aryl methyl sites for hydroxylation is 1. The van der Waals surface area contributed by atoms with Crippen LogP contribution in [0.1, 0.15) is 18.9 Å². The van der Waals surface area contributed by atoms with Crippen molar-refractivity contribution in [2.45, 2.75) is 26.4 Å². The Bertz CT molecular complexity index is 622. The van der Waals surface area contributed by atoms with E-state index >= 15 is 0 Å². The molecular formula is C18H21NO3. The number of rotatable bonds is 6. The van der Waals surface area contributed by atoms with Crippen LogP contribution in [0.15, 0.2) is 48.5 Å². The summed E-state index contributed by atoms with van der Waals surface area (Å²) >= 11 is 0. The van der Waals surface area contributed by atoms with E-state index in [1.807, 2.05) is 38.1 Å². The molecule has 4 nitrogen and oxygen atoms in total. The van der Waals surface area contributed by atoms with Gasteiger partial charge in [0.2, 0.25) is 0 Å². The van der Waals surface area contributed by atoms with E-state index < -0.39 is 6.10 Å². The first-order chi connectivity index (χ1) is 10.6. The minimum absolute atomic E-state index is 0.149. The molecule has 0 fully saturated rings. The predicted molar refractivity (Wildman–Crippen MR) is 87.5 cm³/mol. The van der Waals surface area contributed by atoms with E-state index in [0.29, 0.717) is 12.2 Å². The SMILES string of the molecule is CCC(Oc1ccc(OC)cc1)C(=O)Nc1cccc(C)c1. The number of carbonyl (C=O) groups excluding carboxylic acids is 1. The second kappa shape index (κ2) is 7.50. The Morgan fingerprint density at radius 1 is 1.14 bits per heavy atom. The first-order valence-electron chi connectivity index (χ1n) is 7.30. The van der Waals surface area contributed by atoms with Crippen molar-refractivity contribution in [3.8, 4) is 11.5 Å². The highest BCUT2D eigenvalue weighted by Gasteiger charge is 2.18. The van der Waals surface area contributed by atoms with Crippen LogP contribution in [0.25, 0.3) is 0 Å². The number of hydrogen-bond donors (Lipinski definition) is 1. The van der Waals surface area contributed by atoms with E-state index in [0.717, 1.165) is 17.0 Å². The summed E-state index contributed by atoms with van der Waals surface area (Å²) in [6, 6.07) is 14.9. The Kier molecular flexibility index (Phi) is 5.42. The quantitative estimate of drug-likeness (QED) is 0.882. The van der Waals surface area contributed by atoms with E-state index in [1.165, 1.54) is 0 Å². The van der Waals surface area contributed by atoms with Gasteiger partial charge in [0.1, 0.15) is 11.5 Å². The number of anilines is 1. The maximum Gasteiger partial charge on any atom is 0.265 e. The van der Waals surface area contributed by atoms with Crippen molar-refractivity contribution >= 4 is 11.6 Å². The van der Waals surface area contributed by atoms with Crippen LogP contribution < -0.4 is 14.8 Å². The van der Waals surface area contributed by atoms with Crippen molar-refractivity contribution < 1.29 is 14.3 Å². The van der Waals surface area contributed by atoms with Gasteiger partial charge in [0, 0.05) is 5.69 Å². The van der Waals surface area contributed by atoms with E-state index in [-0.39, 0.29) is 5.91 Å². The van der Waals surface area contributed by atoms with E-state index in [9.17, 15) is 4.79 Å². The smallest absolute Gasteiger partial charge is 0.265 e. The van der Waals surface area contributed by atoms with E-state index in [1.54, 1.807) is 31.4 Å². The van der Waals surface area contributed by atoms with Crippen LogP contribution in [-0.2, 0) is 4.79 Å². The first-order valence-corrected chi connectivity index (χ1v) is 7.30. The number of ether oxygens (including phenoxy) is 2. The van der Waals surface area contributed by atoms with Crippen molar-refractivity contribution in [3.05, 3.63) is 54.1 Å². The Labute approximate surface area is 131 Å². The molecule has 0 aliphatic carbocycles. The number of nitrogens with one attached hydrogen (secondary N) is 1. The molecule has 0 aliphatic rings. The molecule has 2 rings (SSSR count). The van der Waals surface area contributed by atoms with Crippen LogP contribution in [0.4, 0.5) is 5.69 Å². The van der Waals surface area contributed by atoms with Crippen LogP contribution in [0.2, 0.25) is 0 Å². The van der Waals surface area contributed by atoms with Gasteiger partial charge in [-0.1, -0.05) is 19.1 Å². The van der Waals surface area contributed by atoms with Crippen LogP contribution in [0.5, 0.6) is 11.5 Å². The van der Waals surface area contributed by atoms with E-state index in [4.69, 9.17) is 9.47 Å². The third-order valence-electron chi connectivity index (χ3n) is 3.29. The topological polar surface area (TPSA) is 47.6 Å². The molecule has 0 saturated heterocycles. The molecule has 0 bridgehead atoms. The Morgan fingerprint density at radius 2 is 1.82 bits per heavy atom. The average molecular weight is 299 g/mol. The number of methoxy groups -OCH3 is 1. The zero-order valence-corrected chi connectivity index (χ0v) is 13.1. The van der Waals surface area contributed by atoms with Gasteiger partial charge in [0.15, 0.2) is 6.10 Å². The summed E-state index contributed by atoms with van der Waals surface area (Å²) in [5.41, 5.74) is 1.88. The zero-order valence-electron chi connectivity index (χ0n) is 13.1. The molecule has 0 spiro atoms. The number of hydrogen-bond acceptors (Lipinski definition) is 3. The summed E-state index contributed by atoms with van der Waals surface area (Å²) in [6.45, 7) is 3.91.